The van der Waals surface area contributed by atoms with Crippen molar-refractivity contribution in [2.75, 3.05) is 25.1 Å². The Morgan fingerprint density at radius 1 is 1.30 bits per heavy atom. The van der Waals surface area contributed by atoms with Crippen LogP contribution in [0.3, 0.4) is 0 Å². The van der Waals surface area contributed by atoms with E-state index in [1.54, 1.807) is 0 Å². The summed E-state index contributed by atoms with van der Waals surface area (Å²) >= 11 is 0. The van der Waals surface area contributed by atoms with Crippen LogP contribution in [0.5, 0.6) is 0 Å². The minimum Gasteiger partial charge on any atom is -0.382 e. The lowest BCUT2D eigenvalue weighted by Gasteiger charge is -2.11. The monoisotopic (exact) mass is 270 g/mol. The van der Waals surface area contributed by atoms with E-state index in [0.29, 0.717) is 0 Å². The highest BCUT2D eigenvalue weighted by Gasteiger charge is 2.20. The van der Waals surface area contributed by atoms with E-state index in [1.807, 2.05) is 6.07 Å². The smallest absolute Gasteiger partial charge is 0.0726 e. The summed E-state index contributed by atoms with van der Waals surface area (Å²) in [5.74, 6) is 0.837. The molecule has 0 spiro atoms. The summed E-state index contributed by atoms with van der Waals surface area (Å²) < 4.78 is 5.67. The number of nitrogens with one attached hydrogen (secondary N) is 1. The Bertz CT molecular complexity index is 578. The predicted octanol–water partition coefficient (Wildman–Crippen LogP) is 3.64. The molecule has 1 saturated carbocycles. The second-order valence-electron chi connectivity index (χ2n) is 5.48. The number of anilines is 1. The number of rotatable bonds is 7. The summed E-state index contributed by atoms with van der Waals surface area (Å²) in [5, 5.41) is 4.68. The van der Waals surface area contributed by atoms with Crippen molar-refractivity contribution in [1.82, 2.24) is 4.98 Å². The molecule has 1 aliphatic rings. The molecule has 0 saturated heterocycles. The van der Waals surface area contributed by atoms with Crippen LogP contribution in [-0.2, 0) is 11.2 Å². The van der Waals surface area contributed by atoms with Crippen molar-refractivity contribution in [1.29, 1.82) is 0 Å². The first-order valence-electron chi connectivity index (χ1n) is 7.57. The number of hydrogen-bond donors (Lipinski definition) is 1. The van der Waals surface area contributed by atoms with Gasteiger partial charge in [0.1, 0.15) is 0 Å². The maximum absolute atomic E-state index is 5.67. The van der Waals surface area contributed by atoms with Gasteiger partial charge in [0.25, 0.3) is 0 Å². The molecule has 1 N–H and O–H groups in total. The van der Waals surface area contributed by atoms with Gasteiger partial charge in [0, 0.05) is 29.9 Å². The summed E-state index contributed by atoms with van der Waals surface area (Å²) in [6.45, 7) is 4.69. The summed E-state index contributed by atoms with van der Waals surface area (Å²) in [6, 6.07) is 10.4. The molecule has 3 nitrogen and oxygen atoms in total. The van der Waals surface area contributed by atoms with Crippen molar-refractivity contribution in [2.45, 2.75) is 26.2 Å². The summed E-state index contributed by atoms with van der Waals surface area (Å²) in [7, 11) is 0. The first-order valence-corrected chi connectivity index (χ1v) is 7.57. The van der Waals surface area contributed by atoms with Gasteiger partial charge >= 0.3 is 0 Å². The highest BCUT2D eigenvalue weighted by atomic mass is 16.5. The van der Waals surface area contributed by atoms with Crippen LogP contribution in [0.2, 0.25) is 0 Å². The van der Waals surface area contributed by atoms with Crippen molar-refractivity contribution in [3.8, 4) is 0 Å². The van der Waals surface area contributed by atoms with Gasteiger partial charge in [0.15, 0.2) is 0 Å². The molecule has 2 aromatic rings. The number of nitrogens with zero attached hydrogens (tertiary/aromatic N) is 1. The lowest BCUT2D eigenvalue weighted by Crippen LogP contribution is -2.11. The third-order valence-electron chi connectivity index (χ3n) is 3.74. The Morgan fingerprint density at radius 2 is 2.15 bits per heavy atom. The third-order valence-corrected chi connectivity index (χ3v) is 3.74. The fourth-order valence-electron chi connectivity index (χ4n) is 2.35. The largest absolute Gasteiger partial charge is 0.382 e. The van der Waals surface area contributed by atoms with Crippen molar-refractivity contribution in [3.05, 3.63) is 36.0 Å². The van der Waals surface area contributed by atoms with Crippen LogP contribution in [0.25, 0.3) is 10.9 Å². The van der Waals surface area contributed by atoms with Crippen LogP contribution in [-0.4, -0.2) is 24.7 Å². The van der Waals surface area contributed by atoms with Crippen molar-refractivity contribution in [2.24, 2.45) is 5.92 Å². The molecule has 0 unspecified atom stereocenters. The molecule has 3 heteroatoms. The van der Waals surface area contributed by atoms with E-state index in [-0.39, 0.29) is 0 Å². The van der Waals surface area contributed by atoms with Gasteiger partial charge in [-0.2, -0.15) is 0 Å². The van der Waals surface area contributed by atoms with Gasteiger partial charge in [0.05, 0.1) is 12.1 Å². The standard InChI is InChI=1S/C17H22N2O/c1-2-14-11-17(15-5-3-4-6-16(15)19-14)18-9-10-20-12-13-7-8-13/h3-6,11,13H,2,7-10,12H2,1H3,(H,18,19). The number of aryl methyl sites for hydroxylation is 1. The fraction of sp³-hybridized carbons (Fsp3) is 0.471. The molecule has 20 heavy (non-hydrogen) atoms. The van der Waals surface area contributed by atoms with Crippen LogP contribution in [0, 0.1) is 5.92 Å². The number of fused-ring (bicyclic) bond motifs is 1. The molecule has 1 aromatic carbocycles. The molecule has 0 amide bonds. The summed E-state index contributed by atoms with van der Waals surface area (Å²) in [4.78, 5) is 4.66. The number of para-hydroxylation sites is 1. The molecule has 1 heterocycles. The zero-order valence-electron chi connectivity index (χ0n) is 12.1. The first-order chi connectivity index (χ1) is 9.86. The molecule has 0 bridgehead atoms. The Labute approximate surface area is 120 Å². The number of hydrogen-bond acceptors (Lipinski definition) is 3. The number of pyridine rings is 1. The molecule has 0 radical (unpaired) electrons. The van der Waals surface area contributed by atoms with E-state index in [0.717, 1.165) is 43.3 Å². The van der Waals surface area contributed by atoms with Crippen LogP contribution in [0.15, 0.2) is 30.3 Å². The quantitative estimate of drug-likeness (QED) is 0.780. The molecule has 1 fully saturated rings. The average Bonchev–Trinajstić information content (AvgIpc) is 3.30. The molecule has 3 rings (SSSR count). The van der Waals surface area contributed by atoms with Gasteiger partial charge < -0.3 is 10.1 Å². The van der Waals surface area contributed by atoms with Gasteiger partial charge in [-0.15, -0.1) is 0 Å². The lowest BCUT2D eigenvalue weighted by atomic mass is 10.1. The zero-order valence-corrected chi connectivity index (χ0v) is 12.1. The van der Waals surface area contributed by atoms with E-state index >= 15 is 0 Å². The molecule has 0 aliphatic heterocycles. The van der Waals surface area contributed by atoms with Crippen LogP contribution >= 0.6 is 0 Å². The molecular formula is C17H22N2O. The Balaban J connectivity index is 1.65. The molecule has 1 aromatic heterocycles. The van der Waals surface area contributed by atoms with Gasteiger partial charge in [-0.25, -0.2) is 0 Å². The number of benzene rings is 1. The SMILES string of the molecule is CCc1cc(NCCOCC2CC2)c2ccccc2n1. The Hall–Kier alpha value is -1.61. The second-order valence-corrected chi connectivity index (χ2v) is 5.48. The Morgan fingerprint density at radius 3 is 2.95 bits per heavy atom. The molecule has 106 valence electrons. The van der Waals surface area contributed by atoms with Gasteiger partial charge in [0.2, 0.25) is 0 Å². The van der Waals surface area contributed by atoms with E-state index in [4.69, 9.17) is 4.74 Å². The normalized spacial score (nSPS) is 14.7. The highest BCUT2D eigenvalue weighted by molar-refractivity contribution is 5.91. The number of ether oxygens (including phenoxy) is 1. The second kappa shape index (κ2) is 6.23. The summed E-state index contributed by atoms with van der Waals surface area (Å²) in [6.07, 6.45) is 3.66. The van der Waals surface area contributed by atoms with Crippen LogP contribution in [0.4, 0.5) is 5.69 Å². The maximum atomic E-state index is 5.67. The number of aromatic nitrogens is 1. The lowest BCUT2D eigenvalue weighted by molar-refractivity contribution is 0.134. The van der Waals surface area contributed by atoms with Crippen LogP contribution < -0.4 is 5.32 Å². The van der Waals surface area contributed by atoms with E-state index in [2.05, 4.69) is 41.5 Å². The fourth-order valence-corrected chi connectivity index (χ4v) is 2.35. The predicted molar refractivity (Wildman–Crippen MR) is 83.2 cm³/mol. The van der Waals surface area contributed by atoms with E-state index < -0.39 is 0 Å². The summed E-state index contributed by atoms with van der Waals surface area (Å²) in [5.41, 5.74) is 3.36. The maximum Gasteiger partial charge on any atom is 0.0726 e. The van der Waals surface area contributed by atoms with Crippen molar-refractivity contribution < 1.29 is 4.74 Å². The first kappa shape index (κ1) is 13.4. The van der Waals surface area contributed by atoms with E-state index in [9.17, 15) is 0 Å². The minimum atomic E-state index is 0.772. The minimum absolute atomic E-state index is 0.772. The van der Waals surface area contributed by atoms with Crippen molar-refractivity contribution >= 4 is 16.6 Å². The van der Waals surface area contributed by atoms with Gasteiger partial charge in [-0.3, -0.25) is 4.98 Å². The van der Waals surface area contributed by atoms with Gasteiger partial charge in [-0.05, 0) is 37.3 Å². The molecular weight excluding hydrogens is 248 g/mol. The van der Waals surface area contributed by atoms with E-state index in [1.165, 1.54) is 23.9 Å². The Kier molecular flexibility index (Phi) is 4.16. The average molecular weight is 270 g/mol. The molecule has 0 atom stereocenters. The van der Waals surface area contributed by atoms with Gasteiger partial charge in [-0.1, -0.05) is 25.1 Å². The molecule has 1 aliphatic carbocycles. The van der Waals surface area contributed by atoms with Crippen LogP contribution in [0.1, 0.15) is 25.5 Å². The topological polar surface area (TPSA) is 34.1 Å². The highest BCUT2D eigenvalue weighted by Crippen LogP contribution is 2.28. The van der Waals surface area contributed by atoms with Crippen molar-refractivity contribution in [3.63, 3.8) is 0 Å². The zero-order chi connectivity index (χ0) is 13.8. The third kappa shape index (κ3) is 3.28.